The Morgan fingerprint density at radius 3 is 2.75 bits per heavy atom. The quantitative estimate of drug-likeness (QED) is 0.712. The Kier molecular flexibility index (Phi) is 4.42. The molecule has 110 valence electrons. The van der Waals surface area contributed by atoms with Crippen molar-refractivity contribution in [1.82, 2.24) is 10.0 Å². The highest BCUT2D eigenvalue weighted by Gasteiger charge is 2.23. The van der Waals surface area contributed by atoms with Gasteiger partial charge in [0.2, 0.25) is 15.9 Å². The SMILES string of the molecule is Cc1cc(S(=O)(=O)NCC2CCC(=O)N2)ccc1CN. The number of nitrogens with one attached hydrogen (secondary N) is 2. The van der Waals surface area contributed by atoms with Crippen LogP contribution in [0, 0.1) is 6.92 Å². The van der Waals surface area contributed by atoms with Gasteiger partial charge in [-0.25, -0.2) is 13.1 Å². The Balaban J connectivity index is 2.06. The fourth-order valence-electron chi connectivity index (χ4n) is 2.19. The first-order valence-corrected chi connectivity index (χ1v) is 7.99. The molecule has 20 heavy (non-hydrogen) atoms. The highest BCUT2D eigenvalue weighted by atomic mass is 32.2. The van der Waals surface area contributed by atoms with Gasteiger partial charge in [-0.05, 0) is 36.6 Å². The Morgan fingerprint density at radius 2 is 2.20 bits per heavy atom. The van der Waals surface area contributed by atoms with Crippen LogP contribution < -0.4 is 15.8 Å². The van der Waals surface area contributed by atoms with Crippen molar-refractivity contribution in [2.45, 2.75) is 37.2 Å². The van der Waals surface area contributed by atoms with Gasteiger partial charge in [0.1, 0.15) is 0 Å². The minimum absolute atomic E-state index is 0.0302. The molecule has 7 heteroatoms. The third kappa shape index (κ3) is 3.36. The second kappa shape index (κ2) is 5.90. The van der Waals surface area contributed by atoms with Crippen LogP contribution >= 0.6 is 0 Å². The maximum Gasteiger partial charge on any atom is 0.240 e. The Labute approximate surface area is 118 Å². The van der Waals surface area contributed by atoms with Gasteiger partial charge in [0.05, 0.1) is 4.90 Å². The lowest BCUT2D eigenvalue weighted by molar-refractivity contribution is -0.119. The molecule has 0 bridgehead atoms. The molecule has 1 aromatic rings. The van der Waals surface area contributed by atoms with E-state index in [0.717, 1.165) is 11.1 Å². The number of sulfonamides is 1. The van der Waals surface area contributed by atoms with E-state index in [2.05, 4.69) is 10.0 Å². The molecule has 1 amide bonds. The summed E-state index contributed by atoms with van der Waals surface area (Å²) in [4.78, 5) is 11.3. The zero-order valence-electron chi connectivity index (χ0n) is 11.3. The fraction of sp³-hybridized carbons (Fsp3) is 0.462. The summed E-state index contributed by atoms with van der Waals surface area (Å²) in [6.07, 6.45) is 1.11. The highest BCUT2D eigenvalue weighted by molar-refractivity contribution is 7.89. The number of carbonyl (C=O) groups excluding carboxylic acids is 1. The molecule has 4 N–H and O–H groups in total. The Morgan fingerprint density at radius 1 is 1.45 bits per heavy atom. The molecule has 1 aliphatic heterocycles. The number of hydrogen-bond donors (Lipinski definition) is 3. The number of nitrogens with two attached hydrogens (primary N) is 1. The van der Waals surface area contributed by atoms with Gasteiger partial charge >= 0.3 is 0 Å². The van der Waals surface area contributed by atoms with Crippen LogP contribution in [0.25, 0.3) is 0 Å². The average molecular weight is 297 g/mol. The summed E-state index contributed by atoms with van der Waals surface area (Å²) in [7, 11) is -3.55. The van der Waals surface area contributed by atoms with Crippen LogP contribution in [-0.2, 0) is 21.4 Å². The molecule has 1 unspecified atom stereocenters. The van der Waals surface area contributed by atoms with Crippen LogP contribution in [0.3, 0.4) is 0 Å². The first-order chi connectivity index (χ1) is 9.42. The minimum Gasteiger partial charge on any atom is -0.352 e. The van der Waals surface area contributed by atoms with Gasteiger partial charge < -0.3 is 11.1 Å². The lowest BCUT2D eigenvalue weighted by Crippen LogP contribution is -2.38. The molecular weight excluding hydrogens is 278 g/mol. The lowest BCUT2D eigenvalue weighted by atomic mass is 10.1. The number of hydrogen-bond acceptors (Lipinski definition) is 4. The molecule has 0 radical (unpaired) electrons. The van der Waals surface area contributed by atoms with E-state index in [4.69, 9.17) is 5.73 Å². The van der Waals surface area contributed by atoms with E-state index in [1.807, 2.05) is 6.92 Å². The second-order valence-corrected chi connectivity index (χ2v) is 6.71. The van der Waals surface area contributed by atoms with E-state index in [0.29, 0.717) is 19.4 Å². The maximum atomic E-state index is 12.2. The molecule has 0 saturated carbocycles. The van der Waals surface area contributed by atoms with Gasteiger partial charge in [-0.1, -0.05) is 6.07 Å². The lowest BCUT2D eigenvalue weighted by Gasteiger charge is -2.13. The topological polar surface area (TPSA) is 101 Å². The van der Waals surface area contributed by atoms with E-state index in [1.165, 1.54) is 0 Å². The van der Waals surface area contributed by atoms with Crippen molar-refractivity contribution in [2.75, 3.05) is 6.54 Å². The van der Waals surface area contributed by atoms with E-state index >= 15 is 0 Å². The number of amides is 1. The second-order valence-electron chi connectivity index (χ2n) is 4.95. The predicted molar refractivity (Wildman–Crippen MR) is 75.4 cm³/mol. The predicted octanol–water partition coefficient (Wildman–Crippen LogP) is 0.0106. The summed E-state index contributed by atoms with van der Waals surface area (Å²) >= 11 is 0. The third-order valence-corrected chi connectivity index (χ3v) is 4.87. The number of carbonyl (C=O) groups is 1. The van der Waals surface area contributed by atoms with E-state index in [9.17, 15) is 13.2 Å². The van der Waals surface area contributed by atoms with E-state index in [-0.39, 0.29) is 23.4 Å². The molecule has 6 nitrogen and oxygen atoms in total. The van der Waals surface area contributed by atoms with Crippen LogP contribution in [0.15, 0.2) is 23.1 Å². The highest BCUT2D eigenvalue weighted by Crippen LogP contribution is 2.15. The van der Waals surface area contributed by atoms with Crippen molar-refractivity contribution in [2.24, 2.45) is 5.73 Å². The molecule has 0 aromatic heterocycles. The molecule has 1 aliphatic rings. The Hall–Kier alpha value is -1.44. The molecule has 1 fully saturated rings. The van der Waals surface area contributed by atoms with E-state index in [1.54, 1.807) is 18.2 Å². The zero-order chi connectivity index (χ0) is 14.8. The zero-order valence-corrected chi connectivity index (χ0v) is 12.2. The molecule has 0 spiro atoms. The van der Waals surface area contributed by atoms with Gasteiger partial charge in [-0.3, -0.25) is 4.79 Å². The van der Waals surface area contributed by atoms with Crippen molar-refractivity contribution in [3.05, 3.63) is 29.3 Å². The first kappa shape index (κ1) is 15.0. The summed E-state index contributed by atoms with van der Waals surface area (Å²) in [6.45, 7) is 2.43. The summed E-state index contributed by atoms with van der Waals surface area (Å²) in [5.41, 5.74) is 7.33. The molecule has 0 aliphatic carbocycles. The smallest absolute Gasteiger partial charge is 0.240 e. The monoisotopic (exact) mass is 297 g/mol. The normalized spacial score (nSPS) is 19.1. The third-order valence-electron chi connectivity index (χ3n) is 3.45. The van der Waals surface area contributed by atoms with Crippen LogP contribution in [0.1, 0.15) is 24.0 Å². The minimum atomic E-state index is -3.55. The molecular formula is C13H19N3O3S. The van der Waals surface area contributed by atoms with Crippen molar-refractivity contribution >= 4 is 15.9 Å². The molecule has 1 heterocycles. The van der Waals surface area contributed by atoms with Crippen LogP contribution in [0.5, 0.6) is 0 Å². The first-order valence-electron chi connectivity index (χ1n) is 6.51. The summed E-state index contributed by atoms with van der Waals surface area (Å²) in [6, 6.07) is 4.76. The standard InChI is InChI=1S/C13H19N3O3S/c1-9-6-12(4-2-10(9)7-14)20(18,19)15-8-11-3-5-13(17)16-11/h2,4,6,11,15H,3,5,7-8,14H2,1H3,(H,16,17). The van der Waals surface area contributed by atoms with Crippen molar-refractivity contribution in [1.29, 1.82) is 0 Å². The number of rotatable bonds is 5. The fourth-order valence-corrected chi connectivity index (χ4v) is 3.35. The molecule has 1 aromatic carbocycles. The summed E-state index contributed by atoms with van der Waals surface area (Å²) in [5, 5.41) is 2.73. The van der Waals surface area contributed by atoms with Crippen molar-refractivity contribution in [3.8, 4) is 0 Å². The van der Waals surface area contributed by atoms with Gasteiger partial charge in [0.15, 0.2) is 0 Å². The number of aryl methyl sites for hydroxylation is 1. The molecule has 2 rings (SSSR count). The largest absolute Gasteiger partial charge is 0.352 e. The molecule has 1 saturated heterocycles. The van der Waals surface area contributed by atoms with Crippen molar-refractivity contribution < 1.29 is 13.2 Å². The van der Waals surface area contributed by atoms with Crippen LogP contribution in [0.4, 0.5) is 0 Å². The Bertz CT molecular complexity index is 613. The van der Waals surface area contributed by atoms with Gasteiger partial charge in [0, 0.05) is 25.6 Å². The molecule has 1 atom stereocenters. The number of benzene rings is 1. The summed E-state index contributed by atoms with van der Waals surface area (Å²) in [5.74, 6) is -0.0302. The maximum absolute atomic E-state index is 12.2. The van der Waals surface area contributed by atoms with Gasteiger partial charge in [-0.2, -0.15) is 0 Å². The van der Waals surface area contributed by atoms with Crippen LogP contribution in [0.2, 0.25) is 0 Å². The van der Waals surface area contributed by atoms with Crippen LogP contribution in [-0.4, -0.2) is 26.9 Å². The van der Waals surface area contributed by atoms with Crippen molar-refractivity contribution in [3.63, 3.8) is 0 Å². The summed E-state index contributed by atoms with van der Waals surface area (Å²) < 4.78 is 26.9. The van der Waals surface area contributed by atoms with E-state index < -0.39 is 10.0 Å². The average Bonchev–Trinajstić information content (AvgIpc) is 2.82. The van der Waals surface area contributed by atoms with Gasteiger partial charge in [0.25, 0.3) is 0 Å². The van der Waals surface area contributed by atoms with Gasteiger partial charge in [-0.15, -0.1) is 0 Å².